The van der Waals surface area contributed by atoms with Crippen LogP contribution in [-0.2, 0) is 0 Å². The van der Waals surface area contributed by atoms with Gasteiger partial charge in [0.2, 0.25) is 0 Å². The maximum Gasteiger partial charge on any atom is 0.291 e. The predicted molar refractivity (Wildman–Crippen MR) is 62.7 cm³/mol. The van der Waals surface area contributed by atoms with Crippen molar-refractivity contribution in [2.24, 2.45) is 5.10 Å². The number of nitrogens with zero attached hydrogens (tertiary/aromatic N) is 2. The van der Waals surface area contributed by atoms with Gasteiger partial charge in [0.05, 0.1) is 11.1 Å². The fraction of sp³-hybridized carbons (Fsp3) is 0.100. The first-order valence-corrected chi connectivity index (χ1v) is 5.57. The van der Waals surface area contributed by atoms with Crippen LogP contribution in [0.2, 0.25) is 0 Å². The summed E-state index contributed by atoms with van der Waals surface area (Å²) in [6, 6.07) is 4.52. The first-order chi connectivity index (χ1) is 8.15. The molecular formula is C10H9FN4OS. The summed E-state index contributed by atoms with van der Waals surface area (Å²) in [6.45, 7) is 1.79. The molecule has 5 nitrogen and oxygen atoms in total. The average molecular weight is 252 g/mol. The van der Waals surface area contributed by atoms with Gasteiger partial charge < -0.3 is 0 Å². The van der Waals surface area contributed by atoms with Gasteiger partial charge in [-0.15, -0.1) is 11.3 Å². The van der Waals surface area contributed by atoms with Crippen molar-refractivity contribution in [2.75, 3.05) is 0 Å². The normalized spacial score (nSPS) is 10.9. The van der Waals surface area contributed by atoms with Gasteiger partial charge >= 0.3 is 0 Å². The Kier molecular flexibility index (Phi) is 3.29. The van der Waals surface area contributed by atoms with E-state index in [2.05, 4.69) is 20.7 Å². The standard InChI is InChI=1S/C10H9FN4OS/c1-6-4-8(14-13-6)10(16)15-12-5-7-2-3-9(11)17-7/h2-5H,1H3,(H,13,14)(H,15,16). The molecule has 17 heavy (non-hydrogen) atoms. The molecule has 0 saturated heterocycles. The molecule has 2 heterocycles. The van der Waals surface area contributed by atoms with E-state index in [1.165, 1.54) is 12.3 Å². The monoisotopic (exact) mass is 252 g/mol. The van der Waals surface area contributed by atoms with Crippen molar-refractivity contribution in [3.8, 4) is 0 Å². The third-order valence-electron chi connectivity index (χ3n) is 1.89. The number of aryl methyl sites for hydroxylation is 1. The van der Waals surface area contributed by atoms with E-state index in [-0.39, 0.29) is 10.8 Å². The molecule has 2 N–H and O–H groups in total. The van der Waals surface area contributed by atoms with Crippen molar-refractivity contribution in [2.45, 2.75) is 6.92 Å². The fourth-order valence-corrected chi connectivity index (χ4v) is 1.75. The molecule has 1 amide bonds. The van der Waals surface area contributed by atoms with Crippen molar-refractivity contribution in [1.82, 2.24) is 15.6 Å². The Balaban J connectivity index is 1.94. The van der Waals surface area contributed by atoms with E-state index in [0.717, 1.165) is 17.0 Å². The molecule has 0 aliphatic heterocycles. The first kappa shape index (κ1) is 11.5. The molecule has 0 radical (unpaired) electrons. The van der Waals surface area contributed by atoms with Crippen LogP contribution < -0.4 is 5.43 Å². The second-order valence-corrected chi connectivity index (χ2v) is 4.34. The zero-order valence-corrected chi connectivity index (χ0v) is 9.71. The lowest BCUT2D eigenvalue weighted by Crippen LogP contribution is -2.17. The van der Waals surface area contributed by atoms with E-state index >= 15 is 0 Å². The van der Waals surface area contributed by atoms with Crippen molar-refractivity contribution in [1.29, 1.82) is 0 Å². The zero-order chi connectivity index (χ0) is 12.3. The van der Waals surface area contributed by atoms with Crippen molar-refractivity contribution >= 4 is 23.5 Å². The van der Waals surface area contributed by atoms with Crippen molar-refractivity contribution in [3.63, 3.8) is 0 Å². The number of hydrazone groups is 1. The van der Waals surface area contributed by atoms with Crippen LogP contribution in [0.1, 0.15) is 21.1 Å². The largest absolute Gasteiger partial charge is 0.291 e. The summed E-state index contributed by atoms with van der Waals surface area (Å²) in [5.74, 6) is -0.414. The number of aromatic nitrogens is 2. The predicted octanol–water partition coefficient (Wildman–Crippen LogP) is 1.68. The second kappa shape index (κ2) is 4.88. The minimum absolute atomic E-state index is 0.261. The first-order valence-electron chi connectivity index (χ1n) is 4.76. The molecule has 0 aromatic carbocycles. The quantitative estimate of drug-likeness (QED) is 0.644. The number of carbonyl (C=O) groups is 1. The maximum absolute atomic E-state index is 12.6. The number of amides is 1. The third-order valence-corrected chi connectivity index (χ3v) is 2.70. The Morgan fingerprint density at radius 3 is 3.06 bits per heavy atom. The molecule has 7 heteroatoms. The number of nitrogens with one attached hydrogen (secondary N) is 2. The molecule has 0 atom stereocenters. The summed E-state index contributed by atoms with van der Waals surface area (Å²) in [6.07, 6.45) is 1.38. The van der Waals surface area contributed by atoms with Crippen LogP contribution >= 0.6 is 11.3 Å². The molecule has 0 saturated carbocycles. The zero-order valence-electron chi connectivity index (χ0n) is 8.90. The van der Waals surface area contributed by atoms with Crippen LogP contribution in [0.25, 0.3) is 0 Å². The minimum Gasteiger partial charge on any atom is -0.282 e. The van der Waals surface area contributed by atoms with Gasteiger partial charge in [-0.25, -0.2) is 5.43 Å². The van der Waals surface area contributed by atoms with Gasteiger partial charge in [-0.2, -0.15) is 14.6 Å². The van der Waals surface area contributed by atoms with E-state index in [9.17, 15) is 9.18 Å². The number of carbonyl (C=O) groups excluding carboxylic acids is 1. The molecule has 0 bridgehead atoms. The summed E-state index contributed by atoms with van der Waals surface area (Å²) < 4.78 is 12.6. The molecule has 0 spiro atoms. The third kappa shape index (κ3) is 2.97. The van der Waals surface area contributed by atoms with E-state index < -0.39 is 5.91 Å². The highest BCUT2D eigenvalue weighted by Crippen LogP contribution is 2.11. The molecule has 0 aliphatic rings. The summed E-state index contributed by atoms with van der Waals surface area (Å²) in [5.41, 5.74) is 3.35. The number of H-pyrrole nitrogens is 1. The highest BCUT2D eigenvalue weighted by Gasteiger charge is 2.07. The lowest BCUT2D eigenvalue weighted by atomic mass is 10.4. The smallest absolute Gasteiger partial charge is 0.282 e. The second-order valence-electron chi connectivity index (χ2n) is 3.28. The van der Waals surface area contributed by atoms with Gasteiger partial charge in [-0.3, -0.25) is 9.89 Å². The topological polar surface area (TPSA) is 70.1 Å². The number of thiophene rings is 1. The van der Waals surface area contributed by atoms with Crippen LogP contribution in [0.4, 0.5) is 4.39 Å². The van der Waals surface area contributed by atoms with Crippen LogP contribution in [0, 0.1) is 12.1 Å². The van der Waals surface area contributed by atoms with Crippen LogP contribution in [-0.4, -0.2) is 22.3 Å². The number of halogens is 1. The highest BCUT2D eigenvalue weighted by molar-refractivity contribution is 7.12. The maximum atomic E-state index is 12.6. The Labute approximate surface area is 100 Å². The lowest BCUT2D eigenvalue weighted by Gasteiger charge is -1.93. The highest BCUT2D eigenvalue weighted by atomic mass is 32.1. The van der Waals surface area contributed by atoms with Gasteiger partial charge in [-0.05, 0) is 25.1 Å². The van der Waals surface area contributed by atoms with E-state index in [1.54, 1.807) is 19.1 Å². The van der Waals surface area contributed by atoms with Crippen molar-refractivity contribution < 1.29 is 9.18 Å². The molecule has 0 fully saturated rings. The van der Waals surface area contributed by atoms with Gasteiger partial charge in [-0.1, -0.05) is 0 Å². The molecule has 0 aliphatic carbocycles. The lowest BCUT2D eigenvalue weighted by molar-refractivity contribution is 0.0950. The van der Waals surface area contributed by atoms with Crippen molar-refractivity contribution in [3.05, 3.63) is 39.6 Å². The number of hydrogen-bond acceptors (Lipinski definition) is 4. The molecule has 88 valence electrons. The Bertz CT molecular complexity index is 560. The number of rotatable bonds is 3. The molecule has 0 unspecified atom stereocenters. The summed E-state index contributed by atoms with van der Waals surface area (Å²) in [7, 11) is 0. The van der Waals surface area contributed by atoms with Gasteiger partial charge in [0, 0.05) is 5.69 Å². The van der Waals surface area contributed by atoms with E-state index in [4.69, 9.17) is 0 Å². The summed E-state index contributed by atoms with van der Waals surface area (Å²) >= 11 is 0.950. The van der Waals surface area contributed by atoms with Gasteiger partial charge in [0.1, 0.15) is 0 Å². The molecule has 2 rings (SSSR count). The van der Waals surface area contributed by atoms with Gasteiger partial charge in [0.25, 0.3) is 5.91 Å². The number of aromatic amines is 1. The fourth-order valence-electron chi connectivity index (χ4n) is 1.14. The van der Waals surface area contributed by atoms with Gasteiger partial charge in [0.15, 0.2) is 10.8 Å². The van der Waals surface area contributed by atoms with Crippen LogP contribution in [0.15, 0.2) is 23.3 Å². The Morgan fingerprint density at radius 2 is 2.47 bits per heavy atom. The Hall–Kier alpha value is -2.02. The SMILES string of the molecule is Cc1cc(C(=O)NN=Cc2ccc(F)s2)n[nH]1. The summed E-state index contributed by atoms with van der Waals surface area (Å²) in [5, 5.41) is 9.84. The minimum atomic E-state index is -0.414. The average Bonchev–Trinajstić information content (AvgIpc) is 2.88. The number of hydrogen-bond donors (Lipinski definition) is 2. The molecule has 2 aromatic heterocycles. The van der Waals surface area contributed by atoms with E-state index in [1.807, 2.05) is 0 Å². The van der Waals surface area contributed by atoms with E-state index in [0.29, 0.717) is 4.88 Å². The Morgan fingerprint density at radius 1 is 1.65 bits per heavy atom. The molecular weight excluding hydrogens is 243 g/mol. The van der Waals surface area contributed by atoms with Crippen LogP contribution in [0.5, 0.6) is 0 Å². The summed E-state index contributed by atoms with van der Waals surface area (Å²) in [4.78, 5) is 12.1. The molecule has 2 aromatic rings. The van der Waals surface area contributed by atoms with Crippen LogP contribution in [0.3, 0.4) is 0 Å².